The van der Waals surface area contributed by atoms with Crippen molar-refractivity contribution in [1.29, 1.82) is 0 Å². The molecule has 0 aliphatic heterocycles. The van der Waals surface area contributed by atoms with Gasteiger partial charge in [-0.1, -0.05) is 127 Å². The molecule has 1 nitrogen and oxygen atoms in total. The number of hydrogen-bond acceptors (Lipinski definition) is 1. The summed E-state index contributed by atoms with van der Waals surface area (Å²) in [5, 5.41) is 11.4. The van der Waals surface area contributed by atoms with Crippen LogP contribution in [0.3, 0.4) is 0 Å². The molecule has 0 radical (unpaired) electrons. The number of hydrogen-bond donors (Lipinski definition) is 0. The van der Waals surface area contributed by atoms with Crippen molar-refractivity contribution < 1.29 is 0 Å². The molecule has 0 aliphatic rings. The maximum Gasteiger partial charge on any atom is 0.0626 e. The van der Waals surface area contributed by atoms with Gasteiger partial charge in [0.25, 0.3) is 0 Å². The Kier molecular flexibility index (Phi) is 6.12. The molecule has 0 unspecified atom stereocenters. The lowest BCUT2D eigenvalue weighted by atomic mass is 9.93. The Balaban J connectivity index is 1.22. The molecule has 0 bridgehead atoms. The second-order valence-corrected chi connectivity index (χ2v) is 13.4. The van der Waals surface area contributed by atoms with Crippen molar-refractivity contribution in [2.75, 3.05) is 0 Å². The number of thiophene rings is 1. The van der Waals surface area contributed by atoms with Crippen LogP contribution in [0.15, 0.2) is 175 Å². The first-order valence-corrected chi connectivity index (χ1v) is 17.3. The second-order valence-electron chi connectivity index (χ2n) is 12.5. The fourth-order valence-corrected chi connectivity index (χ4v) is 8.59. The molecule has 0 N–H and O–H groups in total. The third-order valence-corrected chi connectivity index (χ3v) is 10.8. The summed E-state index contributed by atoms with van der Waals surface area (Å²) in [5.41, 5.74) is 11.0. The van der Waals surface area contributed by atoms with Gasteiger partial charge in [0.2, 0.25) is 0 Å². The lowest BCUT2D eigenvalue weighted by Crippen LogP contribution is -1.95. The highest BCUT2D eigenvalue weighted by Crippen LogP contribution is 2.46. The van der Waals surface area contributed by atoms with E-state index in [9.17, 15) is 0 Å². The SMILES string of the molecule is c1ccc(-c2cc(-c3ccccc3)cc(-c3ccc(-n4c5ccc6ccsc6c5c5c6ccccc6c6ccccc6c54)cc3)c2)cc1. The fraction of sp³-hybridized carbons (Fsp3) is 0. The number of aromatic nitrogens is 1. The summed E-state index contributed by atoms with van der Waals surface area (Å²) < 4.78 is 3.84. The van der Waals surface area contributed by atoms with Gasteiger partial charge in [-0.15, -0.1) is 11.3 Å². The number of fused-ring (bicyclic) bond motifs is 10. The molecule has 0 amide bonds. The summed E-state index contributed by atoms with van der Waals surface area (Å²) in [6.45, 7) is 0. The van der Waals surface area contributed by atoms with E-state index in [2.05, 4.69) is 180 Å². The van der Waals surface area contributed by atoms with Crippen molar-refractivity contribution >= 4 is 64.8 Å². The monoisotopic (exact) mass is 627 g/mol. The van der Waals surface area contributed by atoms with Crippen molar-refractivity contribution in [3.63, 3.8) is 0 Å². The van der Waals surface area contributed by atoms with Gasteiger partial charge in [0.15, 0.2) is 0 Å². The predicted molar refractivity (Wildman–Crippen MR) is 207 cm³/mol. The molecule has 0 atom stereocenters. The lowest BCUT2D eigenvalue weighted by Gasteiger charge is -2.14. The van der Waals surface area contributed by atoms with E-state index in [0.717, 1.165) is 5.69 Å². The minimum Gasteiger partial charge on any atom is -0.309 e. The maximum atomic E-state index is 2.50. The van der Waals surface area contributed by atoms with Gasteiger partial charge in [-0.05, 0) is 103 Å². The molecule has 2 heteroatoms. The van der Waals surface area contributed by atoms with Crippen molar-refractivity contribution in [1.82, 2.24) is 4.57 Å². The van der Waals surface area contributed by atoms with Crippen molar-refractivity contribution in [3.05, 3.63) is 175 Å². The van der Waals surface area contributed by atoms with Gasteiger partial charge in [0.1, 0.15) is 0 Å². The molecular formula is C46H29NS. The maximum absolute atomic E-state index is 2.50. The topological polar surface area (TPSA) is 4.93 Å². The molecule has 0 saturated heterocycles. The quantitative estimate of drug-likeness (QED) is 0.171. The third kappa shape index (κ3) is 4.17. The van der Waals surface area contributed by atoms with Crippen LogP contribution in [0.5, 0.6) is 0 Å². The van der Waals surface area contributed by atoms with Crippen LogP contribution >= 0.6 is 11.3 Å². The normalized spacial score (nSPS) is 11.8. The minimum absolute atomic E-state index is 1.16. The predicted octanol–water partition coefficient (Wildman–Crippen LogP) is 13.3. The first-order valence-electron chi connectivity index (χ1n) is 16.4. The van der Waals surface area contributed by atoms with Crippen molar-refractivity contribution in [3.8, 4) is 39.1 Å². The zero-order chi connectivity index (χ0) is 31.6. The molecular weight excluding hydrogens is 599 g/mol. The molecule has 0 aliphatic carbocycles. The Morgan fingerprint density at radius 3 is 1.52 bits per heavy atom. The first kappa shape index (κ1) is 27.2. The van der Waals surface area contributed by atoms with Crippen LogP contribution in [-0.4, -0.2) is 4.57 Å². The molecule has 0 fully saturated rings. The van der Waals surface area contributed by atoms with Gasteiger partial charge in [-0.3, -0.25) is 0 Å². The smallest absolute Gasteiger partial charge is 0.0626 e. The lowest BCUT2D eigenvalue weighted by molar-refractivity contribution is 1.19. The zero-order valence-electron chi connectivity index (χ0n) is 26.1. The minimum atomic E-state index is 1.16. The Bertz CT molecular complexity index is 2750. The van der Waals surface area contributed by atoms with E-state index < -0.39 is 0 Å². The first-order chi connectivity index (χ1) is 23.8. The van der Waals surface area contributed by atoms with Crippen LogP contribution in [0, 0.1) is 0 Å². The van der Waals surface area contributed by atoms with Gasteiger partial charge in [-0.25, -0.2) is 0 Å². The second kappa shape index (κ2) is 10.8. The number of nitrogens with zero attached hydrogens (tertiary/aromatic N) is 1. The summed E-state index contributed by atoms with van der Waals surface area (Å²) in [4.78, 5) is 0. The Morgan fingerprint density at radius 1 is 0.375 bits per heavy atom. The van der Waals surface area contributed by atoms with E-state index in [-0.39, 0.29) is 0 Å². The molecule has 0 spiro atoms. The van der Waals surface area contributed by atoms with E-state index in [4.69, 9.17) is 0 Å². The van der Waals surface area contributed by atoms with Crippen LogP contribution in [0.4, 0.5) is 0 Å². The largest absolute Gasteiger partial charge is 0.309 e. The van der Waals surface area contributed by atoms with Gasteiger partial charge in [0.05, 0.1) is 11.0 Å². The summed E-state index contributed by atoms with van der Waals surface area (Å²) in [6.07, 6.45) is 0. The molecule has 2 heterocycles. The number of benzene rings is 8. The average molecular weight is 628 g/mol. The third-order valence-electron chi connectivity index (χ3n) is 9.83. The zero-order valence-corrected chi connectivity index (χ0v) is 26.9. The highest BCUT2D eigenvalue weighted by molar-refractivity contribution is 7.18. The van der Waals surface area contributed by atoms with Crippen molar-refractivity contribution in [2.45, 2.75) is 0 Å². The molecule has 2 aromatic heterocycles. The average Bonchev–Trinajstić information content (AvgIpc) is 3.79. The van der Waals surface area contributed by atoms with E-state index in [0.29, 0.717) is 0 Å². The Labute approximate surface area is 282 Å². The van der Waals surface area contributed by atoms with Crippen molar-refractivity contribution in [2.24, 2.45) is 0 Å². The van der Waals surface area contributed by atoms with Gasteiger partial charge in [-0.2, -0.15) is 0 Å². The Morgan fingerprint density at radius 2 is 0.896 bits per heavy atom. The molecule has 0 saturated carbocycles. The van der Waals surface area contributed by atoms with E-state index >= 15 is 0 Å². The molecule has 48 heavy (non-hydrogen) atoms. The number of rotatable bonds is 4. The fourth-order valence-electron chi connectivity index (χ4n) is 7.64. The summed E-state index contributed by atoms with van der Waals surface area (Å²) in [7, 11) is 0. The highest BCUT2D eigenvalue weighted by atomic mass is 32.1. The van der Waals surface area contributed by atoms with E-state index in [1.807, 2.05) is 11.3 Å². The van der Waals surface area contributed by atoms with Crippen LogP contribution in [0.25, 0.3) is 92.5 Å². The van der Waals surface area contributed by atoms with Crippen LogP contribution in [-0.2, 0) is 0 Å². The summed E-state index contributed by atoms with van der Waals surface area (Å²) >= 11 is 1.84. The summed E-state index contributed by atoms with van der Waals surface area (Å²) in [5.74, 6) is 0. The molecule has 10 rings (SSSR count). The standard InChI is InChI=1S/C46H29NS/c1-3-11-30(12-4-1)34-27-35(31-13-5-2-6-14-31)29-36(28-34)32-19-22-37(23-20-32)47-42-24-21-33-25-26-48-46(33)44(42)43-40-17-9-7-15-38(40)39-16-8-10-18-41(39)45(43)47/h1-29H. The van der Waals surface area contributed by atoms with Gasteiger partial charge >= 0.3 is 0 Å². The van der Waals surface area contributed by atoms with Gasteiger partial charge in [0, 0.05) is 26.5 Å². The van der Waals surface area contributed by atoms with Crippen LogP contribution in [0.2, 0.25) is 0 Å². The van der Waals surface area contributed by atoms with E-state index in [1.165, 1.54) is 86.8 Å². The van der Waals surface area contributed by atoms with Crippen LogP contribution < -0.4 is 0 Å². The van der Waals surface area contributed by atoms with E-state index in [1.54, 1.807) is 0 Å². The Hall–Kier alpha value is -5.96. The van der Waals surface area contributed by atoms with Crippen LogP contribution in [0.1, 0.15) is 0 Å². The highest BCUT2D eigenvalue weighted by Gasteiger charge is 2.21. The molecule has 8 aromatic carbocycles. The molecule has 10 aromatic rings. The molecule has 224 valence electrons. The summed E-state index contributed by atoms with van der Waals surface area (Å²) in [6, 6.07) is 62.2. The van der Waals surface area contributed by atoms with Gasteiger partial charge < -0.3 is 4.57 Å².